The lowest BCUT2D eigenvalue weighted by molar-refractivity contribution is -0.114. The monoisotopic (exact) mass is 277 g/mol. The molecule has 2 aromatic heterocycles. The van der Waals surface area contributed by atoms with E-state index in [1.54, 1.807) is 19.3 Å². The van der Waals surface area contributed by atoms with Crippen molar-refractivity contribution in [3.05, 3.63) is 30.7 Å². The molecule has 19 heavy (non-hydrogen) atoms. The number of allylic oxidation sites excluding steroid dienone is 1. The summed E-state index contributed by atoms with van der Waals surface area (Å²) in [4.78, 5) is 11.1. The van der Waals surface area contributed by atoms with Crippen LogP contribution in [0.15, 0.2) is 34.6 Å². The molecule has 5 nitrogen and oxygen atoms in total. The van der Waals surface area contributed by atoms with Crippen molar-refractivity contribution < 1.29 is 9.21 Å². The molecule has 100 valence electrons. The maximum Gasteiger partial charge on any atom is 0.192 e. The van der Waals surface area contributed by atoms with Gasteiger partial charge in [0.05, 0.1) is 17.6 Å². The highest BCUT2D eigenvalue weighted by Crippen LogP contribution is 2.26. The average molecular weight is 277 g/mol. The van der Waals surface area contributed by atoms with Crippen LogP contribution in [0.1, 0.15) is 12.7 Å². The molecular formula is C13H15N3O2S. The van der Waals surface area contributed by atoms with E-state index in [0.717, 1.165) is 17.1 Å². The van der Waals surface area contributed by atoms with E-state index in [9.17, 15) is 4.79 Å². The fourth-order valence-electron chi connectivity index (χ4n) is 1.67. The predicted octanol–water partition coefficient (Wildman–Crippen LogP) is 2.71. The highest BCUT2D eigenvalue weighted by molar-refractivity contribution is 7.99. The van der Waals surface area contributed by atoms with Crippen molar-refractivity contribution in [2.24, 2.45) is 0 Å². The lowest BCUT2D eigenvalue weighted by Crippen LogP contribution is -2.02. The third-order valence-corrected chi connectivity index (χ3v) is 3.64. The van der Waals surface area contributed by atoms with Gasteiger partial charge in [-0.2, -0.15) is 0 Å². The number of aromatic nitrogens is 3. The first-order valence-electron chi connectivity index (χ1n) is 5.84. The zero-order chi connectivity index (χ0) is 13.8. The topological polar surface area (TPSA) is 60.9 Å². The van der Waals surface area contributed by atoms with Crippen LogP contribution in [0, 0.1) is 6.92 Å². The molecule has 0 spiro atoms. The van der Waals surface area contributed by atoms with Crippen molar-refractivity contribution in [1.82, 2.24) is 14.8 Å². The van der Waals surface area contributed by atoms with Crippen LogP contribution < -0.4 is 0 Å². The molecule has 0 unspecified atom stereocenters. The van der Waals surface area contributed by atoms with Crippen LogP contribution in [-0.2, 0) is 11.3 Å². The van der Waals surface area contributed by atoms with E-state index in [4.69, 9.17) is 4.42 Å². The van der Waals surface area contributed by atoms with Gasteiger partial charge in [0.2, 0.25) is 0 Å². The molecule has 0 saturated carbocycles. The molecule has 2 aromatic rings. The van der Waals surface area contributed by atoms with Crippen molar-refractivity contribution in [2.45, 2.75) is 25.5 Å². The van der Waals surface area contributed by atoms with Crippen molar-refractivity contribution in [3.63, 3.8) is 0 Å². The van der Waals surface area contributed by atoms with Crippen LogP contribution in [0.25, 0.3) is 11.4 Å². The fourth-order valence-corrected chi connectivity index (χ4v) is 2.42. The number of Topliss-reactive ketones (excluding diaryl/α,β-unsaturated/α-hetero) is 1. The van der Waals surface area contributed by atoms with Crippen LogP contribution in [0.5, 0.6) is 0 Å². The summed E-state index contributed by atoms with van der Waals surface area (Å²) in [5.41, 5.74) is 0.907. The molecule has 0 saturated heterocycles. The SMILES string of the molecule is C=CCn1c(SCC(C)=O)nnc1-c1ccoc1C. The number of thioether (sulfide) groups is 1. The molecule has 0 aliphatic heterocycles. The van der Waals surface area contributed by atoms with Crippen LogP contribution >= 0.6 is 11.8 Å². The standard InChI is InChI=1S/C13H15N3O2S/c1-4-6-16-12(11-5-7-18-10(11)3)14-15-13(16)19-8-9(2)17/h4-5,7H,1,6,8H2,2-3H3. The van der Waals surface area contributed by atoms with E-state index < -0.39 is 0 Å². The van der Waals surface area contributed by atoms with Gasteiger partial charge in [-0.3, -0.25) is 9.36 Å². The first kappa shape index (κ1) is 13.6. The van der Waals surface area contributed by atoms with Gasteiger partial charge in [-0.1, -0.05) is 17.8 Å². The number of hydrogen-bond acceptors (Lipinski definition) is 5. The maximum atomic E-state index is 11.1. The highest BCUT2D eigenvalue weighted by Gasteiger charge is 2.16. The summed E-state index contributed by atoms with van der Waals surface area (Å²) in [5.74, 6) is 2.02. The third kappa shape index (κ3) is 2.96. The van der Waals surface area contributed by atoms with Crippen LogP contribution in [0.3, 0.4) is 0 Å². The second-order valence-electron chi connectivity index (χ2n) is 4.09. The van der Waals surface area contributed by atoms with Gasteiger partial charge < -0.3 is 4.42 Å². The molecule has 0 aromatic carbocycles. The summed E-state index contributed by atoms with van der Waals surface area (Å²) < 4.78 is 7.22. The number of carbonyl (C=O) groups excluding carboxylic acids is 1. The number of hydrogen-bond donors (Lipinski definition) is 0. The van der Waals surface area contributed by atoms with Crippen LogP contribution in [0.4, 0.5) is 0 Å². The molecule has 0 radical (unpaired) electrons. The van der Waals surface area contributed by atoms with Crippen molar-refractivity contribution in [1.29, 1.82) is 0 Å². The molecule has 0 aliphatic rings. The van der Waals surface area contributed by atoms with E-state index in [-0.39, 0.29) is 5.78 Å². The smallest absolute Gasteiger partial charge is 0.192 e. The zero-order valence-corrected chi connectivity index (χ0v) is 11.7. The molecule has 2 heterocycles. The molecule has 0 atom stereocenters. The van der Waals surface area contributed by atoms with E-state index in [2.05, 4.69) is 16.8 Å². The van der Waals surface area contributed by atoms with Gasteiger partial charge in [0.15, 0.2) is 11.0 Å². The van der Waals surface area contributed by atoms with Gasteiger partial charge in [0, 0.05) is 6.54 Å². The molecule has 0 amide bonds. The third-order valence-electron chi connectivity index (χ3n) is 2.53. The number of furan rings is 1. The molecular weight excluding hydrogens is 262 g/mol. The molecule has 2 rings (SSSR count). The average Bonchev–Trinajstić information content (AvgIpc) is 2.94. The number of ketones is 1. The van der Waals surface area contributed by atoms with Crippen molar-refractivity contribution in [3.8, 4) is 11.4 Å². The van der Waals surface area contributed by atoms with E-state index >= 15 is 0 Å². The molecule has 0 N–H and O–H groups in total. The first-order chi connectivity index (χ1) is 9.13. The molecule has 0 aliphatic carbocycles. The van der Waals surface area contributed by atoms with E-state index in [1.807, 2.05) is 17.6 Å². The second kappa shape index (κ2) is 5.88. The number of rotatable bonds is 6. The van der Waals surface area contributed by atoms with E-state index in [0.29, 0.717) is 17.5 Å². The fraction of sp³-hybridized carbons (Fsp3) is 0.308. The Labute approximate surface area is 115 Å². The quantitative estimate of drug-likeness (QED) is 0.600. The Hall–Kier alpha value is -1.82. The molecule has 6 heteroatoms. The summed E-state index contributed by atoms with van der Waals surface area (Å²) in [5, 5.41) is 9.04. The predicted molar refractivity (Wildman–Crippen MR) is 74.1 cm³/mol. The summed E-state index contributed by atoms with van der Waals surface area (Å²) in [7, 11) is 0. The number of nitrogens with zero attached hydrogens (tertiary/aromatic N) is 3. The van der Waals surface area contributed by atoms with Gasteiger partial charge in [-0.15, -0.1) is 16.8 Å². The largest absolute Gasteiger partial charge is 0.469 e. The first-order valence-corrected chi connectivity index (χ1v) is 6.83. The van der Waals surface area contributed by atoms with Crippen LogP contribution in [0.2, 0.25) is 0 Å². The Morgan fingerprint density at radius 2 is 2.37 bits per heavy atom. The second-order valence-corrected chi connectivity index (χ2v) is 5.03. The van der Waals surface area contributed by atoms with Gasteiger partial charge >= 0.3 is 0 Å². The number of carbonyl (C=O) groups is 1. The minimum absolute atomic E-state index is 0.110. The zero-order valence-electron chi connectivity index (χ0n) is 10.9. The van der Waals surface area contributed by atoms with Gasteiger partial charge in [0.1, 0.15) is 11.5 Å². The normalized spacial score (nSPS) is 10.6. The highest BCUT2D eigenvalue weighted by atomic mass is 32.2. The Balaban J connectivity index is 2.36. The Morgan fingerprint density at radius 3 is 2.95 bits per heavy atom. The summed E-state index contributed by atoms with van der Waals surface area (Å²) >= 11 is 1.38. The summed E-state index contributed by atoms with van der Waals surface area (Å²) in [6.45, 7) is 7.77. The Bertz CT molecular complexity index is 601. The van der Waals surface area contributed by atoms with Crippen molar-refractivity contribution >= 4 is 17.5 Å². The molecule has 0 fully saturated rings. The maximum absolute atomic E-state index is 11.1. The van der Waals surface area contributed by atoms with Crippen LogP contribution in [-0.4, -0.2) is 26.3 Å². The Kier molecular flexibility index (Phi) is 4.21. The van der Waals surface area contributed by atoms with Gasteiger partial charge in [-0.25, -0.2) is 0 Å². The lowest BCUT2D eigenvalue weighted by Gasteiger charge is -2.06. The van der Waals surface area contributed by atoms with Crippen molar-refractivity contribution in [2.75, 3.05) is 5.75 Å². The summed E-state index contributed by atoms with van der Waals surface area (Å²) in [6.07, 6.45) is 3.40. The minimum Gasteiger partial charge on any atom is -0.469 e. The molecule has 0 bridgehead atoms. The number of aryl methyl sites for hydroxylation is 1. The minimum atomic E-state index is 0.110. The van der Waals surface area contributed by atoms with Gasteiger partial charge in [-0.05, 0) is 19.9 Å². The Morgan fingerprint density at radius 1 is 1.58 bits per heavy atom. The summed E-state index contributed by atoms with van der Waals surface area (Å²) in [6, 6.07) is 1.86. The van der Waals surface area contributed by atoms with E-state index in [1.165, 1.54) is 11.8 Å². The lowest BCUT2D eigenvalue weighted by atomic mass is 10.2. The van der Waals surface area contributed by atoms with Gasteiger partial charge in [0.25, 0.3) is 0 Å².